The average Bonchev–Trinajstić information content (AvgIpc) is 2.65. The summed E-state index contributed by atoms with van der Waals surface area (Å²) in [5, 5.41) is 2.90. The van der Waals surface area contributed by atoms with Gasteiger partial charge in [0.05, 0.1) is 32.1 Å². The highest BCUT2D eigenvalue weighted by molar-refractivity contribution is 5.94. The van der Waals surface area contributed by atoms with Crippen LogP contribution in [0, 0.1) is 0 Å². The summed E-state index contributed by atoms with van der Waals surface area (Å²) in [4.78, 5) is 27.9. The standard InChI is InChI=1S/C19H29N3O5.ClH/c1-4-25-15-7-8-17(26-5-2)16(13-15)20-18(23)14-21-9-11-22(12-10-21)19(24)27-6-3;/h7-8,13H,4-6,9-12,14H2,1-3H3,(H,20,23);1H. The van der Waals surface area contributed by atoms with Gasteiger partial charge in [-0.25, -0.2) is 4.79 Å². The zero-order chi connectivity index (χ0) is 19.6. The monoisotopic (exact) mass is 415 g/mol. The van der Waals surface area contributed by atoms with Crippen molar-refractivity contribution in [3.63, 3.8) is 0 Å². The van der Waals surface area contributed by atoms with Crippen molar-refractivity contribution in [2.24, 2.45) is 0 Å². The summed E-state index contributed by atoms with van der Waals surface area (Å²) in [7, 11) is 0. The third kappa shape index (κ3) is 7.09. The first-order valence-electron chi connectivity index (χ1n) is 9.40. The number of benzene rings is 1. The van der Waals surface area contributed by atoms with Gasteiger partial charge in [-0.1, -0.05) is 0 Å². The molecule has 8 nitrogen and oxygen atoms in total. The van der Waals surface area contributed by atoms with Gasteiger partial charge in [0.15, 0.2) is 0 Å². The zero-order valence-corrected chi connectivity index (χ0v) is 17.5. The Balaban J connectivity index is 0.00000392. The number of amides is 2. The van der Waals surface area contributed by atoms with Crippen LogP contribution >= 0.6 is 12.4 Å². The van der Waals surface area contributed by atoms with Gasteiger partial charge in [0.25, 0.3) is 0 Å². The molecule has 1 saturated heterocycles. The van der Waals surface area contributed by atoms with Crippen molar-refractivity contribution >= 4 is 30.1 Å². The second kappa shape index (κ2) is 12.3. The van der Waals surface area contributed by atoms with Crippen molar-refractivity contribution in [1.29, 1.82) is 0 Å². The Bertz CT molecular complexity index is 636. The summed E-state index contributed by atoms with van der Waals surface area (Å²) in [6.07, 6.45) is -0.296. The highest BCUT2D eigenvalue weighted by Gasteiger charge is 2.23. The molecule has 2 amide bonds. The lowest BCUT2D eigenvalue weighted by Gasteiger charge is -2.33. The summed E-state index contributed by atoms with van der Waals surface area (Å²) in [5.41, 5.74) is 0.595. The fourth-order valence-electron chi connectivity index (χ4n) is 2.84. The molecule has 1 fully saturated rings. The molecule has 1 aromatic rings. The Hall–Kier alpha value is -2.19. The van der Waals surface area contributed by atoms with E-state index in [1.54, 1.807) is 24.0 Å². The molecule has 1 heterocycles. The molecule has 0 saturated carbocycles. The molecular weight excluding hydrogens is 386 g/mol. The lowest BCUT2D eigenvalue weighted by Crippen LogP contribution is -2.50. The van der Waals surface area contributed by atoms with Gasteiger partial charge in [0, 0.05) is 32.2 Å². The van der Waals surface area contributed by atoms with Crippen LogP contribution in [0.5, 0.6) is 11.5 Å². The Labute approximate surface area is 172 Å². The molecule has 28 heavy (non-hydrogen) atoms. The number of hydrogen-bond donors (Lipinski definition) is 1. The van der Waals surface area contributed by atoms with Gasteiger partial charge in [-0.05, 0) is 32.9 Å². The van der Waals surface area contributed by atoms with Crippen molar-refractivity contribution in [3.8, 4) is 11.5 Å². The number of carbonyl (C=O) groups excluding carboxylic acids is 2. The minimum absolute atomic E-state index is 0. The molecule has 0 aliphatic carbocycles. The molecule has 0 radical (unpaired) electrons. The van der Waals surface area contributed by atoms with E-state index in [-0.39, 0.29) is 31.0 Å². The van der Waals surface area contributed by atoms with Crippen molar-refractivity contribution in [2.45, 2.75) is 20.8 Å². The van der Waals surface area contributed by atoms with Gasteiger partial charge in [-0.2, -0.15) is 0 Å². The van der Waals surface area contributed by atoms with Crippen molar-refractivity contribution in [3.05, 3.63) is 18.2 Å². The van der Waals surface area contributed by atoms with E-state index in [9.17, 15) is 9.59 Å². The number of anilines is 1. The second-order valence-corrected chi connectivity index (χ2v) is 6.03. The van der Waals surface area contributed by atoms with Gasteiger partial charge >= 0.3 is 6.09 Å². The first kappa shape index (κ1) is 23.8. The van der Waals surface area contributed by atoms with Crippen molar-refractivity contribution < 1.29 is 23.8 Å². The van der Waals surface area contributed by atoms with Crippen LogP contribution in [0.1, 0.15) is 20.8 Å². The number of rotatable bonds is 8. The molecule has 1 aliphatic rings. The summed E-state index contributed by atoms with van der Waals surface area (Å²) < 4.78 is 16.1. The largest absolute Gasteiger partial charge is 0.494 e. The maximum Gasteiger partial charge on any atom is 0.409 e. The zero-order valence-electron chi connectivity index (χ0n) is 16.7. The fraction of sp³-hybridized carbons (Fsp3) is 0.579. The molecule has 0 aromatic heterocycles. The Morgan fingerprint density at radius 3 is 2.29 bits per heavy atom. The lowest BCUT2D eigenvalue weighted by atomic mass is 10.2. The maximum atomic E-state index is 12.5. The van der Waals surface area contributed by atoms with Gasteiger partial charge in [0.1, 0.15) is 11.5 Å². The van der Waals surface area contributed by atoms with E-state index in [1.165, 1.54) is 0 Å². The van der Waals surface area contributed by atoms with E-state index < -0.39 is 0 Å². The molecule has 0 spiro atoms. The van der Waals surface area contributed by atoms with E-state index >= 15 is 0 Å². The smallest absolute Gasteiger partial charge is 0.409 e. The predicted molar refractivity (Wildman–Crippen MR) is 110 cm³/mol. The highest BCUT2D eigenvalue weighted by Crippen LogP contribution is 2.29. The maximum absolute atomic E-state index is 12.5. The van der Waals surface area contributed by atoms with Gasteiger partial charge in [-0.15, -0.1) is 12.4 Å². The Morgan fingerprint density at radius 1 is 1.00 bits per heavy atom. The number of nitrogens with one attached hydrogen (secondary N) is 1. The average molecular weight is 416 g/mol. The third-order valence-electron chi connectivity index (χ3n) is 4.10. The van der Waals surface area contributed by atoms with Crippen molar-refractivity contribution in [2.75, 3.05) is 57.9 Å². The van der Waals surface area contributed by atoms with Crippen LogP contribution in [-0.2, 0) is 9.53 Å². The van der Waals surface area contributed by atoms with Crippen LogP contribution in [0.25, 0.3) is 0 Å². The van der Waals surface area contributed by atoms with Crippen LogP contribution in [0.2, 0.25) is 0 Å². The highest BCUT2D eigenvalue weighted by atomic mass is 35.5. The van der Waals surface area contributed by atoms with Gasteiger partial charge in [0.2, 0.25) is 5.91 Å². The van der Waals surface area contributed by atoms with E-state index in [4.69, 9.17) is 14.2 Å². The summed E-state index contributed by atoms with van der Waals surface area (Å²) in [5.74, 6) is 1.16. The predicted octanol–water partition coefficient (Wildman–Crippen LogP) is 2.62. The van der Waals surface area contributed by atoms with Gasteiger partial charge in [-0.3, -0.25) is 9.69 Å². The number of nitrogens with zero attached hydrogens (tertiary/aromatic N) is 2. The summed E-state index contributed by atoms with van der Waals surface area (Å²) >= 11 is 0. The molecule has 9 heteroatoms. The van der Waals surface area contributed by atoms with E-state index in [0.717, 1.165) is 0 Å². The minimum Gasteiger partial charge on any atom is -0.494 e. The molecule has 0 unspecified atom stereocenters. The molecule has 158 valence electrons. The second-order valence-electron chi connectivity index (χ2n) is 6.03. The first-order valence-corrected chi connectivity index (χ1v) is 9.40. The summed E-state index contributed by atoms with van der Waals surface area (Å²) in [6, 6.07) is 5.38. The lowest BCUT2D eigenvalue weighted by molar-refractivity contribution is -0.117. The van der Waals surface area contributed by atoms with Gasteiger partial charge < -0.3 is 24.4 Å². The first-order chi connectivity index (χ1) is 13.1. The Kier molecular flexibility index (Phi) is 10.5. The number of ether oxygens (including phenoxy) is 3. The topological polar surface area (TPSA) is 80.3 Å². The van der Waals surface area contributed by atoms with E-state index in [1.807, 2.05) is 24.8 Å². The van der Waals surface area contributed by atoms with Crippen LogP contribution in [0.3, 0.4) is 0 Å². The molecule has 1 aromatic carbocycles. The molecule has 0 bridgehead atoms. The number of carbonyl (C=O) groups is 2. The fourth-order valence-corrected chi connectivity index (χ4v) is 2.84. The molecule has 1 aliphatic heterocycles. The number of piperazine rings is 1. The van der Waals surface area contributed by atoms with Crippen molar-refractivity contribution in [1.82, 2.24) is 9.80 Å². The van der Waals surface area contributed by atoms with E-state index in [2.05, 4.69) is 5.32 Å². The summed E-state index contributed by atoms with van der Waals surface area (Å²) in [6.45, 7) is 9.62. The quantitative estimate of drug-likeness (QED) is 0.703. The van der Waals surface area contributed by atoms with Crippen LogP contribution in [0.4, 0.5) is 10.5 Å². The SMILES string of the molecule is CCOC(=O)N1CCN(CC(=O)Nc2cc(OCC)ccc2OCC)CC1.Cl. The number of hydrogen-bond acceptors (Lipinski definition) is 6. The minimum atomic E-state index is -0.296. The third-order valence-corrected chi connectivity index (χ3v) is 4.10. The molecular formula is C19H30ClN3O5. The number of halogens is 1. The normalized spacial score (nSPS) is 14.0. The van der Waals surface area contributed by atoms with E-state index in [0.29, 0.717) is 63.2 Å². The Morgan fingerprint density at radius 2 is 1.68 bits per heavy atom. The van der Waals surface area contributed by atoms with Crippen LogP contribution < -0.4 is 14.8 Å². The van der Waals surface area contributed by atoms with Crippen LogP contribution in [-0.4, -0.2) is 74.3 Å². The molecule has 0 atom stereocenters. The van der Waals surface area contributed by atoms with Crippen LogP contribution in [0.15, 0.2) is 18.2 Å². The molecule has 1 N–H and O–H groups in total. The molecule has 2 rings (SSSR count).